The molecule has 7 heteroatoms. The SMILES string of the molecule is CC(C)c1nc(C(=O)N(CCO)CC2CCCN2)n[nH]1. The van der Waals surface area contributed by atoms with Gasteiger partial charge in [0.2, 0.25) is 5.82 Å². The third-order valence-corrected chi connectivity index (χ3v) is 3.50. The molecule has 1 aromatic heterocycles. The highest BCUT2D eigenvalue weighted by molar-refractivity contribution is 5.90. The fourth-order valence-corrected chi connectivity index (χ4v) is 2.34. The number of hydrogen-bond donors (Lipinski definition) is 3. The van der Waals surface area contributed by atoms with Gasteiger partial charge in [0.05, 0.1) is 6.61 Å². The molecule has 1 aliphatic rings. The lowest BCUT2D eigenvalue weighted by molar-refractivity contribution is 0.0694. The van der Waals surface area contributed by atoms with Gasteiger partial charge >= 0.3 is 0 Å². The van der Waals surface area contributed by atoms with Crippen LogP contribution >= 0.6 is 0 Å². The van der Waals surface area contributed by atoms with Gasteiger partial charge in [-0.15, -0.1) is 5.10 Å². The van der Waals surface area contributed by atoms with Gasteiger partial charge in [0.1, 0.15) is 5.82 Å². The van der Waals surface area contributed by atoms with E-state index in [0.29, 0.717) is 25.0 Å². The zero-order valence-electron chi connectivity index (χ0n) is 12.1. The maximum absolute atomic E-state index is 12.4. The first-order valence-electron chi connectivity index (χ1n) is 7.17. The van der Waals surface area contributed by atoms with Crippen LogP contribution in [0.1, 0.15) is 49.1 Å². The zero-order valence-corrected chi connectivity index (χ0v) is 12.1. The van der Waals surface area contributed by atoms with E-state index in [1.165, 1.54) is 0 Å². The summed E-state index contributed by atoms with van der Waals surface area (Å²) < 4.78 is 0. The molecular formula is C13H23N5O2. The van der Waals surface area contributed by atoms with Crippen LogP contribution < -0.4 is 5.32 Å². The fraction of sp³-hybridized carbons (Fsp3) is 0.769. The number of rotatable bonds is 6. The Balaban J connectivity index is 2.04. The number of aromatic nitrogens is 3. The lowest BCUT2D eigenvalue weighted by atomic mass is 10.2. The number of aliphatic hydroxyl groups excluding tert-OH is 1. The molecule has 2 rings (SSSR count). The number of aromatic amines is 1. The third kappa shape index (κ3) is 3.55. The number of H-pyrrole nitrogens is 1. The Morgan fingerprint density at radius 3 is 2.90 bits per heavy atom. The number of carbonyl (C=O) groups excluding carboxylic acids is 1. The molecule has 1 atom stereocenters. The summed E-state index contributed by atoms with van der Waals surface area (Å²) in [5.41, 5.74) is 0. The molecule has 0 saturated carbocycles. The minimum Gasteiger partial charge on any atom is -0.395 e. The first kappa shape index (κ1) is 14.9. The van der Waals surface area contributed by atoms with Crippen LogP contribution in [0.15, 0.2) is 0 Å². The first-order valence-corrected chi connectivity index (χ1v) is 7.17. The molecule has 0 radical (unpaired) electrons. The highest BCUT2D eigenvalue weighted by atomic mass is 16.3. The molecule has 1 saturated heterocycles. The second-order valence-electron chi connectivity index (χ2n) is 5.47. The number of carbonyl (C=O) groups is 1. The summed E-state index contributed by atoms with van der Waals surface area (Å²) in [7, 11) is 0. The summed E-state index contributed by atoms with van der Waals surface area (Å²) in [5, 5.41) is 19.3. The molecule has 1 unspecified atom stereocenters. The van der Waals surface area contributed by atoms with E-state index in [4.69, 9.17) is 5.11 Å². The van der Waals surface area contributed by atoms with Crippen molar-refractivity contribution in [2.45, 2.75) is 38.6 Å². The van der Waals surface area contributed by atoms with Gasteiger partial charge in [0, 0.05) is 25.0 Å². The molecule has 112 valence electrons. The summed E-state index contributed by atoms with van der Waals surface area (Å²) in [4.78, 5) is 18.2. The van der Waals surface area contributed by atoms with Crippen LogP contribution in [0, 0.1) is 0 Å². The van der Waals surface area contributed by atoms with Gasteiger partial charge in [-0.1, -0.05) is 13.8 Å². The molecule has 20 heavy (non-hydrogen) atoms. The molecule has 2 heterocycles. The monoisotopic (exact) mass is 281 g/mol. The average Bonchev–Trinajstić information content (AvgIpc) is 3.08. The number of hydrogen-bond acceptors (Lipinski definition) is 5. The van der Waals surface area contributed by atoms with Gasteiger partial charge in [-0.2, -0.15) is 0 Å². The van der Waals surface area contributed by atoms with E-state index in [2.05, 4.69) is 20.5 Å². The average molecular weight is 281 g/mol. The second-order valence-corrected chi connectivity index (χ2v) is 5.47. The molecule has 0 aromatic carbocycles. The van der Waals surface area contributed by atoms with Crippen LogP contribution in [-0.2, 0) is 0 Å². The summed E-state index contributed by atoms with van der Waals surface area (Å²) in [5.74, 6) is 0.860. The zero-order chi connectivity index (χ0) is 14.5. The smallest absolute Gasteiger partial charge is 0.293 e. The van der Waals surface area contributed by atoms with Crippen molar-refractivity contribution < 1.29 is 9.90 Å². The van der Waals surface area contributed by atoms with Gasteiger partial charge in [0.25, 0.3) is 5.91 Å². The molecule has 7 nitrogen and oxygen atoms in total. The van der Waals surface area contributed by atoms with E-state index >= 15 is 0 Å². The molecule has 1 aliphatic heterocycles. The van der Waals surface area contributed by atoms with E-state index in [1.54, 1.807) is 4.90 Å². The van der Waals surface area contributed by atoms with Crippen molar-refractivity contribution in [1.82, 2.24) is 25.4 Å². The predicted octanol–water partition coefficient (Wildman–Crippen LogP) is 0.115. The Labute approximate surface area is 118 Å². The maximum atomic E-state index is 12.4. The number of aliphatic hydroxyl groups is 1. The van der Waals surface area contributed by atoms with Crippen molar-refractivity contribution in [2.75, 3.05) is 26.2 Å². The third-order valence-electron chi connectivity index (χ3n) is 3.50. The van der Waals surface area contributed by atoms with Gasteiger partial charge in [-0.05, 0) is 19.4 Å². The van der Waals surface area contributed by atoms with Gasteiger partial charge in [0.15, 0.2) is 0 Å². The van der Waals surface area contributed by atoms with Crippen molar-refractivity contribution in [3.05, 3.63) is 11.6 Å². The minimum absolute atomic E-state index is 0.0556. The lowest BCUT2D eigenvalue weighted by Crippen LogP contribution is -2.42. The standard InChI is InChI=1S/C13H23N5O2/c1-9(2)11-15-12(17-16-11)13(20)18(6-7-19)8-10-4-3-5-14-10/h9-10,14,19H,3-8H2,1-2H3,(H,15,16,17). The van der Waals surface area contributed by atoms with E-state index in [9.17, 15) is 4.79 Å². The molecule has 1 fully saturated rings. The second kappa shape index (κ2) is 6.81. The fourth-order valence-electron chi connectivity index (χ4n) is 2.34. The molecule has 1 amide bonds. The summed E-state index contributed by atoms with van der Waals surface area (Å²) >= 11 is 0. The van der Waals surface area contributed by atoms with Crippen molar-refractivity contribution in [3.63, 3.8) is 0 Å². The Morgan fingerprint density at radius 2 is 2.35 bits per heavy atom. The van der Waals surface area contributed by atoms with Crippen LogP contribution in [0.2, 0.25) is 0 Å². The normalized spacial score (nSPS) is 18.7. The van der Waals surface area contributed by atoms with Gasteiger partial charge in [-0.25, -0.2) is 4.98 Å². The molecule has 0 aliphatic carbocycles. The molecule has 0 spiro atoms. The van der Waals surface area contributed by atoms with Crippen LogP contribution in [0.25, 0.3) is 0 Å². The van der Waals surface area contributed by atoms with E-state index in [-0.39, 0.29) is 24.3 Å². The maximum Gasteiger partial charge on any atom is 0.293 e. The van der Waals surface area contributed by atoms with E-state index in [0.717, 1.165) is 19.4 Å². The quantitative estimate of drug-likeness (QED) is 0.688. The van der Waals surface area contributed by atoms with Crippen molar-refractivity contribution in [1.29, 1.82) is 0 Å². The van der Waals surface area contributed by atoms with Crippen molar-refractivity contribution in [3.8, 4) is 0 Å². The number of nitrogens with zero attached hydrogens (tertiary/aromatic N) is 3. The van der Waals surface area contributed by atoms with Crippen LogP contribution in [0.5, 0.6) is 0 Å². The van der Waals surface area contributed by atoms with Crippen molar-refractivity contribution in [2.24, 2.45) is 0 Å². The highest BCUT2D eigenvalue weighted by Gasteiger charge is 2.24. The Morgan fingerprint density at radius 1 is 1.55 bits per heavy atom. The minimum atomic E-state index is -0.226. The number of nitrogens with one attached hydrogen (secondary N) is 2. The molecular weight excluding hydrogens is 258 g/mol. The molecule has 0 bridgehead atoms. The van der Waals surface area contributed by atoms with E-state index in [1.807, 2.05) is 13.8 Å². The lowest BCUT2D eigenvalue weighted by Gasteiger charge is -2.23. The van der Waals surface area contributed by atoms with Crippen LogP contribution in [-0.4, -0.2) is 63.4 Å². The summed E-state index contributed by atoms with van der Waals surface area (Å²) in [6.45, 7) is 5.81. The van der Waals surface area contributed by atoms with Gasteiger partial charge < -0.3 is 15.3 Å². The Kier molecular flexibility index (Phi) is 5.08. The molecule has 1 aromatic rings. The summed E-state index contributed by atoms with van der Waals surface area (Å²) in [6.07, 6.45) is 2.18. The molecule has 3 N–H and O–H groups in total. The van der Waals surface area contributed by atoms with Gasteiger partial charge in [-0.3, -0.25) is 9.89 Å². The first-order chi connectivity index (χ1) is 9.61. The summed E-state index contributed by atoms with van der Waals surface area (Å²) in [6, 6.07) is 0.300. The largest absolute Gasteiger partial charge is 0.395 e. The Bertz CT molecular complexity index is 440. The number of amides is 1. The predicted molar refractivity (Wildman–Crippen MR) is 74.5 cm³/mol. The van der Waals surface area contributed by atoms with E-state index < -0.39 is 0 Å². The highest BCUT2D eigenvalue weighted by Crippen LogP contribution is 2.11. The van der Waals surface area contributed by atoms with Crippen LogP contribution in [0.4, 0.5) is 0 Å². The van der Waals surface area contributed by atoms with Crippen molar-refractivity contribution >= 4 is 5.91 Å². The van der Waals surface area contributed by atoms with Crippen LogP contribution in [0.3, 0.4) is 0 Å². The topological polar surface area (TPSA) is 94.1 Å². The Hall–Kier alpha value is -1.47.